The molecule has 1 aliphatic rings. The number of carboxylic acid groups (broad SMARTS) is 1. The van der Waals surface area contributed by atoms with Crippen LogP contribution >= 0.6 is 0 Å². The number of nitrogens with two attached hydrogens (primary N) is 1. The van der Waals surface area contributed by atoms with E-state index >= 15 is 0 Å². The molecule has 1 heterocycles. The Bertz CT molecular complexity index is 1390. The summed E-state index contributed by atoms with van der Waals surface area (Å²) in [4.78, 5) is 42.6. The minimum atomic E-state index is -1.01. The Balaban J connectivity index is 1.83. The number of amides is 2. The van der Waals surface area contributed by atoms with Gasteiger partial charge in [0.1, 0.15) is 11.8 Å². The largest absolute Gasteiger partial charge is 0.496 e. The van der Waals surface area contributed by atoms with Gasteiger partial charge in [-0.3, -0.25) is 9.59 Å². The van der Waals surface area contributed by atoms with Crippen molar-refractivity contribution in [1.82, 2.24) is 10.6 Å². The number of rotatable bonds is 11. The summed E-state index contributed by atoms with van der Waals surface area (Å²) in [5, 5.41) is 17.5. The number of hydrogen-bond acceptors (Lipinski definition) is 7. The molecule has 2 amide bonds. The highest BCUT2D eigenvalue weighted by atomic mass is 16.5. The fourth-order valence-corrected chi connectivity index (χ4v) is 4.97. The van der Waals surface area contributed by atoms with Crippen molar-refractivity contribution < 1.29 is 24.2 Å². The summed E-state index contributed by atoms with van der Waals surface area (Å²) >= 11 is 0. The van der Waals surface area contributed by atoms with Crippen LogP contribution in [-0.4, -0.2) is 68.8 Å². The Morgan fingerprint density at radius 1 is 1.15 bits per heavy atom. The van der Waals surface area contributed by atoms with E-state index < -0.39 is 12.0 Å². The van der Waals surface area contributed by atoms with Crippen LogP contribution in [0.5, 0.6) is 5.75 Å². The van der Waals surface area contributed by atoms with Gasteiger partial charge < -0.3 is 36.0 Å². The molecule has 0 radical (unpaired) electrons. The van der Waals surface area contributed by atoms with E-state index in [1.54, 1.807) is 41.2 Å². The van der Waals surface area contributed by atoms with Gasteiger partial charge in [-0.1, -0.05) is 24.3 Å². The molecule has 0 bridgehead atoms. The molecule has 0 aliphatic carbocycles. The van der Waals surface area contributed by atoms with E-state index in [1.165, 1.54) is 0 Å². The van der Waals surface area contributed by atoms with Crippen molar-refractivity contribution in [2.45, 2.75) is 38.4 Å². The molecule has 4 rings (SSSR count). The van der Waals surface area contributed by atoms with E-state index in [-0.39, 0.29) is 42.9 Å². The Labute approximate surface area is 234 Å². The molecule has 0 saturated heterocycles. The van der Waals surface area contributed by atoms with Gasteiger partial charge in [0.25, 0.3) is 0 Å². The quantitative estimate of drug-likeness (QED) is 0.288. The van der Waals surface area contributed by atoms with Crippen molar-refractivity contribution in [3.05, 3.63) is 65.7 Å². The molecule has 1 aliphatic heterocycles. The van der Waals surface area contributed by atoms with Crippen LogP contribution in [0, 0.1) is 0 Å². The minimum Gasteiger partial charge on any atom is -0.496 e. The molecule has 0 aromatic heterocycles. The van der Waals surface area contributed by atoms with E-state index in [2.05, 4.69) is 10.6 Å². The number of likely N-dealkylation sites (N-methyl/N-ethyl adjacent to an activating group) is 1. The SMILES string of the molecule is CN[C@@H](C)CN[C@H]1CN(C(=O)CCCN)c2ccccc2N(Cc2c(OC)ccc3cc(C(=O)O)ccc23)C1=O. The van der Waals surface area contributed by atoms with Crippen LogP contribution in [0.1, 0.15) is 35.7 Å². The number of carbonyl (C=O) groups excluding carboxylic acids is 2. The van der Waals surface area contributed by atoms with Gasteiger partial charge in [0.05, 0.1) is 37.1 Å². The number of benzene rings is 3. The zero-order valence-electron chi connectivity index (χ0n) is 23.1. The molecular formula is C30H37N5O5. The number of carboxylic acids is 1. The molecule has 0 saturated carbocycles. The Morgan fingerprint density at radius 2 is 1.90 bits per heavy atom. The molecule has 2 atom stereocenters. The summed E-state index contributed by atoms with van der Waals surface area (Å²) in [6.45, 7) is 3.28. The Hall–Kier alpha value is -3.99. The first-order valence-electron chi connectivity index (χ1n) is 13.4. The molecule has 0 fully saturated rings. The highest BCUT2D eigenvalue weighted by Gasteiger charge is 2.36. The smallest absolute Gasteiger partial charge is 0.335 e. The van der Waals surface area contributed by atoms with Crippen molar-refractivity contribution in [2.24, 2.45) is 5.73 Å². The van der Waals surface area contributed by atoms with Crippen molar-refractivity contribution in [3.63, 3.8) is 0 Å². The van der Waals surface area contributed by atoms with Crippen LogP contribution in [0.3, 0.4) is 0 Å². The third-order valence-electron chi connectivity index (χ3n) is 7.32. The molecule has 10 heteroatoms. The first-order chi connectivity index (χ1) is 19.3. The second-order valence-electron chi connectivity index (χ2n) is 9.95. The predicted octanol–water partition coefficient (Wildman–Crippen LogP) is 2.73. The number of ether oxygens (including phenoxy) is 1. The van der Waals surface area contributed by atoms with Crippen LogP contribution in [0.15, 0.2) is 54.6 Å². The van der Waals surface area contributed by atoms with Crippen molar-refractivity contribution >= 4 is 39.9 Å². The monoisotopic (exact) mass is 547 g/mol. The van der Waals surface area contributed by atoms with Gasteiger partial charge >= 0.3 is 5.97 Å². The van der Waals surface area contributed by atoms with Gasteiger partial charge in [0.15, 0.2) is 0 Å². The van der Waals surface area contributed by atoms with Gasteiger partial charge in [-0.25, -0.2) is 4.79 Å². The zero-order valence-corrected chi connectivity index (χ0v) is 23.1. The molecular weight excluding hydrogens is 510 g/mol. The van der Waals surface area contributed by atoms with E-state index in [4.69, 9.17) is 10.5 Å². The first-order valence-corrected chi connectivity index (χ1v) is 13.4. The molecule has 3 aromatic rings. The average Bonchev–Trinajstić information content (AvgIpc) is 3.08. The maximum Gasteiger partial charge on any atom is 0.335 e. The normalized spacial score (nSPS) is 16.0. The number of carbonyl (C=O) groups is 3. The summed E-state index contributed by atoms with van der Waals surface area (Å²) in [6.07, 6.45) is 0.831. The second-order valence-corrected chi connectivity index (χ2v) is 9.95. The van der Waals surface area contributed by atoms with Gasteiger partial charge in [0, 0.05) is 24.6 Å². The van der Waals surface area contributed by atoms with Crippen LogP contribution in [0.4, 0.5) is 11.4 Å². The number of methoxy groups -OCH3 is 1. The fourth-order valence-electron chi connectivity index (χ4n) is 4.97. The summed E-state index contributed by atoms with van der Waals surface area (Å²) in [7, 11) is 3.42. The lowest BCUT2D eigenvalue weighted by molar-refractivity contribution is -0.120. The number of anilines is 2. The summed E-state index contributed by atoms with van der Waals surface area (Å²) in [6, 6.07) is 15.3. The van der Waals surface area contributed by atoms with Crippen molar-refractivity contribution in [2.75, 3.05) is 43.6 Å². The molecule has 0 unspecified atom stereocenters. The van der Waals surface area contributed by atoms with E-state index in [0.29, 0.717) is 36.6 Å². The van der Waals surface area contributed by atoms with Gasteiger partial charge in [0.2, 0.25) is 11.8 Å². The van der Waals surface area contributed by atoms with Gasteiger partial charge in [-0.2, -0.15) is 0 Å². The second kappa shape index (κ2) is 12.9. The van der Waals surface area contributed by atoms with Crippen LogP contribution in [-0.2, 0) is 16.1 Å². The maximum atomic E-state index is 14.2. The summed E-state index contributed by atoms with van der Waals surface area (Å²) in [5.74, 6) is -0.703. The highest BCUT2D eigenvalue weighted by Crippen LogP contribution is 2.37. The maximum absolute atomic E-state index is 14.2. The molecule has 212 valence electrons. The van der Waals surface area contributed by atoms with Gasteiger partial charge in [-0.15, -0.1) is 0 Å². The number of hydrogen-bond donors (Lipinski definition) is 4. The summed E-state index contributed by atoms with van der Waals surface area (Å²) in [5.41, 5.74) is 7.86. The third kappa shape index (κ3) is 6.09. The average molecular weight is 548 g/mol. The number of fused-ring (bicyclic) bond motifs is 2. The predicted molar refractivity (Wildman–Crippen MR) is 156 cm³/mol. The van der Waals surface area contributed by atoms with Gasteiger partial charge in [-0.05, 0) is 68.0 Å². The topological polar surface area (TPSA) is 137 Å². The van der Waals surface area contributed by atoms with Crippen LogP contribution in [0.25, 0.3) is 10.8 Å². The number of aromatic carboxylic acids is 1. The highest BCUT2D eigenvalue weighted by molar-refractivity contribution is 6.07. The molecule has 10 nitrogen and oxygen atoms in total. The van der Waals surface area contributed by atoms with E-state index in [0.717, 1.165) is 16.3 Å². The van der Waals surface area contributed by atoms with Crippen LogP contribution in [0.2, 0.25) is 0 Å². The van der Waals surface area contributed by atoms with Crippen LogP contribution < -0.4 is 30.9 Å². The number of nitrogens with one attached hydrogen (secondary N) is 2. The first kappa shape index (κ1) is 29.0. The lowest BCUT2D eigenvalue weighted by Gasteiger charge is -2.27. The zero-order chi connectivity index (χ0) is 28.8. The Morgan fingerprint density at radius 3 is 2.58 bits per heavy atom. The van der Waals surface area contributed by atoms with E-state index in [1.807, 2.05) is 44.3 Å². The number of nitrogens with zero attached hydrogens (tertiary/aromatic N) is 2. The molecule has 3 aromatic carbocycles. The molecule has 40 heavy (non-hydrogen) atoms. The van der Waals surface area contributed by atoms with Crippen molar-refractivity contribution in [1.29, 1.82) is 0 Å². The standard InChI is InChI=1S/C30H37N5O5/c1-19(32-2)16-33-24-18-34(28(36)9-6-14-31)25-7-4-5-8-26(25)35(29(24)37)17-23-22-12-10-21(30(38)39)15-20(22)11-13-27(23)40-3/h4-5,7-8,10-13,15,19,24,32-33H,6,9,14,16-18,31H2,1-3H3,(H,38,39)/t19-,24-/m0/s1. The Kier molecular flexibility index (Phi) is 9.36. The number of para-hydroxylation sites is 2. The third-order valence-corrected chi connectivity index (χ3v) is 7.32. The van der Waals surface area contributed by atoms with E-state index in [9.17, 15) is 19.5 Å². The molecule has 0 spiro atoms. The molecule has 5 N–H and O–H groups in total. The summed E-state index contributed by atoms with van der Waals surface area (Å²) < 4.78 is 5.70. The minimum absolute atomic E-state index is 0.0926. The lowest BCUT2D eigenvalue weighted by Crippen LogP contribution is -2.53. The fraction of sp³-hybridized carbons (Fsp3) is 0.367. The van der Waals surface area contributed by atoms with Crippen molar-refractivity contribution in [3.8, 4) is 5.75 Å². The lowest BCUT2D eigenvalue weighted by atomic mass is 10.00.